The fraction of sp³-hybridized carbons (Fsp3) is 0.875. The van der Waals surface area contributed by atoms with Gasteiger partial charge in [0.1, 0.15) is 4.71 Å². The normalized spacial score (nSPS) is 42.0. The van der Waals surface area contributed by atoms with Crippen LogP contribution in [0.2, 0.25) is 0 Å². The average molecular weight is 234 g/mol. The van der Waals surface area contributed by atoms with E-state index in [1.165, 1.54) is 0 Å². The molecule has 0 saturated carbocycles. The van der Waals surface area contributed by atoms with Crippen molar-refractivity contribution in [3.8, 4) is 0 Å². The summed E-state index contributed by atoms with van der Waals surface area (Å²) >= 11 is 3.51. The number of carbonyl (C=O) groups is 1. The van der Waals surface area contributed by atoms with Crippen molar-refractivity contribution in [3.63, 3.8) is 0 Å². The lowest BCUT2D eigenvalue weighted by molar-refractivity contribution is -0.126. The summed E-state index contributed by atoms with van der Waals surface area (Å²) in [5.41, 5.74) is 0. The minimum absolute atomic E-state index is 0.0553. The highest BCUT2D eigenvalue weighted by atomic mass is 32.2. The van der Waals surface area contributed by atoms with E-state index in [2.05, 4.69) is 17.6 Å². The van der Waals surface area contributed by atoms with Gasteiger partial charge in [-0.05, 0) is 5.75 Å². The second-order valence-electron chi connectivity index (χ2n) is 3.37. The van der Waals surface area contributed by atoms with Crippen LogP contribution in [0.4, 0.5) is 0 Å². The van der Waals surface area contributed by atoms with Gasteiger partial charge < -0.3 is 10.4 Å². The Bertz CT molecular complexity index is 239. The summed E-state index contributed by atoms with van der Waals surface area (Å²) in [4.78, 5) is 11.2. The van der Waals surface area contributed by atoms with Crippen molar-refractivity contribution in [2.24, 2.45) is 0 Å². The van der Waals surface area contributed by atoms with Crippen molar-refractivity contribution in [2.45, 2.75) is 35.6 Å². The molecule has 0 spiro atoms. The molecule has 4 unspecified atom stereocenters. The highest BCUT2D eigenvalue weighted by Crippen LogP contribution is 2.37. The maximum absolute atomic E-state index is 11.2. The van der Waals surface area contributed by atoms with Crippen LogP contribution in [0.3, 0.4) is 0 Å². The number of rotatable bonds is 2. The van der Waals surface area contributed by atoms with E-state index in [-0.39, 0.29) is 23.7 Å². The van der Waals surface area contributed by atoms with E-state index < -0.39 is 6.10 Å². The van der Waals surface area contributed by atoms with E-state index in [9.17, 15) is 9.90 Å². The molecule has 0 aliphatic carbocycles. The Balaban J connectivity index is 1.98. The van der Waals surface area contributed by atoms with Crippen LogP contribution in [0.5, 0.6) is 0 Å². The molecule has 80 valence electrons. The SMILES string of the molecule is CCSC1NC2NC(=O)CC(O)C2S1. The van der Waals surface area contributed by atoms with Gasteiger partial charge in [0.2, 0.25) is 5.91 Å². The molecule has 4 nitrogen and oxygen atoms in total. The molecule has 2 rings (SSSR count). The third-order valence-corrected chi connectivity index (χ3v) is 5.13. The van der Waals surface area contributed by atoms with Crippen LogP contribution in [0.1, 0.15) is 13.3 Å². The molecule has 0 aromatic heterocycles. The third-order valence-electron chi connectivity index (χ3n) is 2.33. The summed E-state index contributed by atoms with van der Waals surface area (Å²) in [5, 5.41) is 16.0. The Hall–Kier alpha value is 0.0900. The zero-order valence-electron chi connectivity index (χ0n) is 7.90. The standard InChI is InChI=1S/C8H14N2O2S2/c1-2-13-8-10-7-6(14-8)4(11)3-5(12)9-7/h4,6-8,10-11H,2-3H2,1H3,(H,9,12). The molecular weight excluding hydrogens is 220 g/mol. The lowest BCUT2D eigenvalue weighted by Gasteiger charge is -2.29. The molecule has 2 heterocycles. The van der Waals surface area contributed by atoms with E-state index >= 15 is 0 Å². The molecule has 2 aliphatic heterocycles. The molecule has 1 amide bonds. The zero-order valence-corrected chi connectivity index (χ0v) is 9.53. The number of hydrogen-bond donors (Lipinski definition) is 3. The number of carbonyl (C=O) groups excluding carboxylic acids is 1. The van der Waals surface area contributed by atoms with Crippen LogP contribution < -0.4 is 10.6 Å². The van der Waals surface area contributed by atoms with Crippen LogP contribution in [-0.4, -0.2) is 39.0 Å². The Kier molecular flexibility index (Phi) is 3.26. The summed E-state index contributed by atoms with van der Waals surface area (Å²) in [6, 6.07) is 0. The van der Waals surface area contributed by atoms with Crippen molar-refractivity contribution in [1.82, 2.24) is 10.6 Å². The molecule has 0 aromatic carbocycles. The molecule has 0 bridgehead atoms. The topological polar surface area (TPSA) is 61.4 Å². The molecule has 2 fully saturated rings. The fourth-order valence-electron chi connectivity index (χ4n) is 1.72. The fourth-order valence-corrected chi connectivity index (χ4v) is 4.46. The molecule has 14 heavy (non-hydrogen) atoms. The van der Waals surface area contributed by atoms with E-state index in [1.54, 1.807) is 23.5 Å². The van der Waals surface area contributed by atoms with Gasteiger partial charge in [0.05, 0.1) is 23.9 Å². The molecule has 4 atom stereocenters. The third kappa shape index (κ3) is 2.03. The van der Waals surface area contributed by atoms with E-state index in [0.717, 1.165) is 5.75 Å². The van der Waals surface area contributed by atoms with Crippen LogP contribution in [0.25, 0.3) is 0 Å². The maximum atomic E-state index is 11.2. The average Bonchev–Trinajstić information content (AvgIpc) is 2.48. The number of amides is 1. The first-order valence-electron chi connectivity index (χ1n) is 4.71. The lowest BCUT2D eigenvalue weighted by Crippen LogP contribution is -2.56. The van der Waals surface area contributed by atoms with Gasteiger partial charge in [-0.25, -0.2) is 0 Å². The predicted molar refractivity (Wildman–Crippen MR) is 59.0 cm³/mol. The zero-order chi connectivity index (χ0) is 10.1. The minimum Gasteiger partial charge on any atom is -0.391 e. The summed E-state index contributed by atoms with van der Waals surface area (Å²) in [6.45, 7) is 2.10. The van der Waals surface area contributed by atoms with E-state index in [1.807, 2.05) is 0 Å². The summed E-state index contributed by atoms with van der Waals surface area (Å²) < 4.78 is 0.294. The summed E-state index contributed by atoms with van der Waals surface area (Å²) in [6.07, 6.45) is -0.326. The summed E-state index contributed by atoms with van der Waals surface area (Å²) in [5.74, 6) is 0.975. The lowest BCUT2D eigenvalue weighted by atomic mass is 10.1. The number of aliphatic hydroxyl groups is 1. The van der Waals surface area contributed by atoms with Crippen LogP contribution >= 0.6 is 23.5 Å². The van der Waals surface area contributed by atoms with Gasteiger partial charge in [0.25, 0.3) is 0 Å². The molecule has 2 aliphatic rings. The quantitative estimate of drug-likeness (QED) is 0.624. The van der Waals surface area contributed by atoms with Crippen molar-refractivity contribution < 1.29 is 9.90 Å². The first-order chi connectivity index (χ1) is 6.70. The maximum Gasteiger partial charge on any atom is 0.223 e. The molecular formula is C8H14N2O2S2. The number of thioether (sulfide) groups is 2. The van der Waals surface area contributed by atoms with Gasteiger partial charge >= 0.3 is 0 Å². The van der Waals surface area contributed by atoms with Gasteiger partial charge in [0.15, 0.2) is 0 Å². The molecule has 6 heteroatoms. The second kappa shape index (κ2) is 4.30. The number of aliphatic hydroxyl groups excluding tert-OH is 1. The predicted octanol–water partition coefficient (Wildman–Crippen LogP) is -0.0650. The highest BCUT2D eigenvalue weighted by Gasteiger charge is 2.43. The second-order valence-corrected chi connectivity index (χ2v) is 6.34. The van der Waals surface area contributed by atoms with Gasteiger partial charge in [-0.15, -0.1) is 23.5 Å². The molecule has 2 saturated heterocycles. The minimum atomic E-state index is -0.506. The monoisotopic (exact) mass is 234 g/mol. The van der Waals surface area contributed by atoms with Gasteiger partial charge in [-0.3, -0.25) is 10.1 Å². The summed E-state index contributed by atoms with van der Waals surface area (Å²) in [7, 11) is 0. The Labute approximate surface area is 91.6 Å². The van der Waals surface area contributed by atoms with E-state index in [4.69, 9.17) is 0 Å². The molecule has 3 N–H and O–H groups in total. The Morgan fingerprint density at radius 2 is 2.50 bits per heavy atom. The van der Waals surface area contributed by atoms with Crippen LogP contribution in [0.15, 0.2) is 0 Å². The van der Waals surface area contributed by atoms with Crippen molar-refractivity contribution in [3.05, 3.63) is 0 Å². The largest absolute Gasteiger partial charge is 0.391 e. The van der Waals surface area contributed by atoms with Crippen molar-refractivity contribution >= 4 is 29.4 Å². The highest BCUT2D eigenvalue weighted by molar-refractivity contribution is 8.17. The van der Waals surface area contributed by atoms with Gasteiger partial charge in [-0.2, -0.15) is 0 Å². The Morgan fingerprint density at radius 3 is 3.21 bits per heavy atom. The molecule has 0 aromatic rings. The van der Waals surface area contributed by atoms with E-state index in [0.29, 0.717) is 4.71 Å². The number of hydrogen-bond acceptors (Lipinski definition) is 5. The Morgan fingerprint density at radius 1 is 1.71 bits per heavy atom. The van der Waals surface area contributed by atoms with Crippen LogP contribution in [0, 0.1) is 0 Å². The number of piperidine rings is 1. The molecule has 0 radical (unpaired) electrons. The van der Waals surface area contributed by atoms with Crippen molar-refractivity contribution in [2.75, 3.05) is 5.75 Å². The first-order valence-corrected chi connectivity index (χ1v) is 6.70. The van der Waals surface area contributed by atoms with Gasteiger partial charge in [0, 0.05) is 0 Å². The first kappa shape index (κ1) is 10.6. The number of fused-ring (bicyclic) bond motifs is 1. The smallest absolute Gasteiger partial charge is 0.223 e. The van der Waals surface area contributed by atoms with Crippen LogP contribution in [-0.2, 0) is 4.79 Å². The van der Waals surface area contributed by atoms with Crippen molar-refractivity contribution in [1.29, 1.82) is 0 Å². The van der Waals surface area contributed by atoms with Gasteiger partial charge in [-0.1, -0.05) is 6.92 Å². The number of nitrogens with one attached hydrogen (secondary N) is 2.